The molecule has 1 fully saturated rings. The minimum absolute atomic E-state index is 0.241. The Morgan fingerprint density at radius 3 is 2.85 bits per heavy atom. The normalized spacial score (nSPS) is 17.3. The molecule has 8 nitrogen and oxygen atoms in total. The van der Waals surface area contributed by atoms with E-state index in [1.165, 1.54) is 5.56 Å². The Bertz CT molecular complexity index is 917. The zero-order chi connectivity index (χ0) is 23.2. The topological polar surface area (TPSA) is 90.9 Å². The van der Waals surface area contributed by atoms with Gasteiger partial charge in [0.2, 0.25) is 0 Å². The first kappa shape index (κ1) is 23.8. The lowest BCUT2D eigenvalue weighted by atomic mass is 10.00. The molecule has 0 amide bonds. The molecule has 3 heterocycles. The van der Waals surface area contributed by atoms with Crippen LogP contribution in [0.4, 0.5) is 11.5 Å². The van der Waals surface area contributed by atoms with Gasteiger partial charge in [0.15, 0.2) is 0 Å². The van der Waals surface area contributed by atoms with Crippen LogP contribution in [0.2, 0.25) is 0 Å². The molecule has 0 spiro atoms. The van der Waals surface area contributed by atoms with Gasteiger partial charge in [-0.2, -0.15) is 0 Å². The molecule has 4 N–H and O–H groups in total. The minimum Gasteiger partial charge on any atom is -0.491 e. The summed E-state index contributed by atoms with van der Waals surface area (Å²) >= 11 is 0. The molecule has 1 saturated heterocycles. The number of fused-ring (bicyclic) bond motifs is 1. The van der Waals surface area contributed by atoms with Gasteiger partial charge in [0, 0.05) is 55.7 Å². The Hall–Kier alpha value is -2.39. The smallest absolute Gasteiger partial charge is 0.150 e. The number of likely N-dealkylation sites (N-methyl/N-ethyl adjacent to an activating group) is 1. The molecule has 1 unspecified atom stereocenters. The van der Waals surface area contributed by atoms with Gasteiger partial charge in [-0.25, -0.2) is 10.4 Å². The quantitative estimate of drug-likeness (QED) is 0.435. The summed E-state index contributed by atoms with van der Waals surface area (Å²) < 4.78 is 11.3. The first-order valence-electron chi connectivity index (χ1n) is 12.0. The number of rotatable bonds is 10. The number of aliphatic hydroxyl groups excluding tert-OH is 1. The zero-order valence-corrected chi connectivity index (χ0v) is 19.9. The average molecular weight is 456 g/mol. The molecule has 180 valence electrons. The summed E-state index contributed by atoms with van der Waals surface area (Å²) in [6, 6.07) is 10.4. The molecule has 2 aliphatic heterocycles. The minimum atomic E-state index is -0.552. The summed E-state index contributed by atoms with van der Waals surface area (Å²) in [6.07, 6.45) is 1.65. The number of nitrogens with one attached hydrogen (secondary N) is 3. The van der Waals surface area contributed by atoms with Gasteiger partial charge in [-0.3, -0.25) is 5.01 Å². The maximum Gasteiger partial charge on any atom is 0.150 e. The highest BCUT2D eigenvalue weighted by Gasteiger charge is 2.27. The number of pyridine rings is 1. The zero-order valence-electron chi connectivity index (χ0n) is 19.9. The molecule has 1 atom stereocenters. The first-order valence-corrected chi connectivity index (χ1v) is 12.0. The number of anilines is 2. The van der Waals surface area contributed by atoms with Crippen molar-refractivity contribution in [3.05, 3.63) is 35.9 Å². The third kappa shape index (κ3) is 5.95. The second-order valence-corrected chi connectivity index (χ2v) is 9.14. The molecule has 2 aliphatic rings. The van der Waals surface area contributed by atoms with E-state index >= 15 is 0 Å². The number of nitrogens with zero attached hydrogens (tertiary/aromatic N) is 2. The summed E-state index contributed by atoms with van der Waals surface area (Å²) in [5, 5.41) is 18.8. The number of ether oxygens (including phenoxy) is 2. The second kappa shape index (κ2) is 11.2. The highest BCUT2D eigenvalue weighted by Crippen LogP contribution is 2.36. The summed E-state index contributed by atoms with van der Waals surface area (Å²) in [7, 11) is 1.81. The van der Waals surface area contributed by atoms with E-state index in [9.17, 15) is 5.11 Å². The van der Waals surface area contributed by atoms with Crippen molar-refractivity contribution in [1.82, 2.24) is 15.7 Å². The summed E-state index contributed by atoms with van der Waals surface area (Å²) in [5.74, 6) is 2.33. The number of hydrazine groups is 1. The lowest BCUT2D eigenvalue weighted by molar-refractivity contribution is 0.0699. The summed E-state index contributed by atoms with van der Waals surface area (Å²) in [4.78, 5) is 5.04. The van der Waals surface area contributed by atoms with Crippen molar-refractivity contribution in [3.8, 4) is 17.0 Å². The molecule has 8 heteroatoms. The van der Waals surface area contributed by atoms with E-state index in [0.29, 0.717) is 18.5 Å². The molecular formula is C25H37N5O3. The van der Waals surface area contributed by atoms with Gasteiger partial charge < -0.3 is 25.2 Å². The SMILES string of the molecule is CNCC(O)COc1cccc(-c2cc(NCC3CCOCC3)c3c(n2)N(C(C)C)NC3)c1. The van der Waals surface area contributed by atoms with Crippen LogP contribution in [-0.2, 0) is 11.3 Å². The van der Waals surface area contributed by atoms with Crippen molar-refractivity contribution in [2.75, 3.05) is 50.3 Å². The second-order valence-electron chi connectivity index (χ2n) is 9.14. The van der Waals surface area contributed by atoms with Gasteiger partial charge in [0.05, 0.1) is 5.69 Å². The Kier molecular flexibility index (Phi) is 8.03. The first-order chi connectivity index (χ1) is 16.0. The number of hydrogen-bond donors (Lipinski definition) is 4. The Morgan fingerprint density at radius 2 is 2.09 bits per heavy atom. The Morgan fingerprint density at radius 1 is 1.27 bits per heavy atom. The summed E-state index contributed by atoms with van der Waals surface area (Å²) in [5.41, 5.74) is 7.72. The van der Waals surface area contributed by atoms with Crippen molar-refractivity contribution in [2.24, 2.45) is 5.92 Å². The summed E-state index contributed by atoms with van der Waals surface area (Å²) in [6.45, 7) is 8.47. The third-order valence-electron chi connectivity index (χ3n) is 6.21. The number of aromatic nitrogens is 1. The van der Waals surface area contributed by atoms with Crippen LogP contribution < -0.4 is 25.8 Å². The third-order valence-corrected chi connectivity index (χ3v) is 6.21. The van der Waals surface area contributed by atoms with E-state index in [1.54, 1.807) is 0 Å². The molecular weight excluding hydrogens is 418 g/mol. The molecule has 4 rings (SSSR count). The maximum absolute atomic E-state index is 9.96. The maximum atomic E-state index is 9.96. The van der Waals surface area contributed by atoms with Crippen molar-refractivity contribution in [2.45, 2.75) is 45.4 Å². The predicted octanol–water partition coefficient (Wildman–Crippen LogP) is 2.78. The van der Waals surface area contributed by atoms with Crippen LogP contribution >= 0.6 is 0 Å². The standard InChI is InChI=1S/C25H37N5O3/c1-17(2)30-25-22(15-28-30)24(27-13-18-7-9-32-10-8-18)12-23(29-25)19-5-4-6-21(11-19)33-16-20(31)14-26-3/h4-6,11-12,17-18,20,26,28,31H,7-10,13-16H2,1-3H3,(H,27,29). The van der Waals surface area contributed by atoms with E-state index in [-0.39, 0.29) is 6.61 Å². The molecule has 0 aliphatic carbocycles. The highest BCUT2D eigenvalue weighted by molar-refractivity contribution is 5.74. The van der Waals surface area contributed by atoms with Crippen LogP contribution in [0.3, 0.4) is 0 Å². The number of aliphatic hydroxyl groups is 1. The van der Waals surface area contributed by atoms with Crippen LogP contribution in [0.15, 0.2) is 30.3 Å². The molecule has 1 aromatic carbocycles. The lowest BCUT2D eigenvalue weighted by Gasteiger charge is -2.25. The van der Waals surface area contributed by atoms with Gasteiger partial charge >= 0.3 is 0 Å². The van der Waals surface area contributed by atoms with Gasteiger partial charge in [0.25, 0.3) is 0 Å². The highest BCUT2D eigenvalue weighted by atomic mass is 16.5. The van der Waals surface area contributed by atoms with Gasteiger partial charge in [-0.1, -0.05) is 12.1 Å². The van der Waals surface area contributed by atoms with Crippen molar-refractivity contribution in [3.63, 3.8) is 0 Å². The van der Waals surface area contributed by atoms with E-state index in [1.807, 2.05) is 25.2 Å². The molecule has 0 bridgehead atoms. The van der Waals surface area contributed by atoms with Gasteiger partial charge in [0.1, 0.15) is 24.3 Å². The van der Waals surface area contributed by atoms with E-state index in [2.05, 4.69) is 47.0 Å². The average Bonchev–Trinajstić information content (AvgIpc) is 3.27. The molecule has 1 aromatic heterocycles. The Labute approximate surface area is 196 Å². The van der Waals surface area contributed by atoms with Crippen molar-refractivity contribution < 1.29 is 14.6 Å². The number of hydrogen-bond acceptors (Lipinski definition) is 8. The predicted molar refractivity (Wildman–Crippen MR) is 132 cm³/mol. The molecule has 0 saturated carbocycles. The molecule has 0 radical (unpaired) electrons. The van der Waals surface area contributed by atoms with Crippen LogP contribution in [0.1, 0.15) is 32.3 Å². The van der Waals surface area contributed by atoms with E-state index < -0.39 is 6.10 Å². The van der Waals surface area contributed by atoms with E-state index in [0.717, 1.165) is 67.7 Å². The van der Waals surface area contributed by atoms with Crippen LogP contribution in [0.5, 0.6) is 5.75 Å². The fraction of sp³-hybridized carbons (Fsp3) is 0.560. The van der Waals surface area contributed by atoms with E-state index in [4.69, 9.17) is 14.5 Å². The monoisotopic (exact) mass is 455 g/mol. The molecule has 33 heavy (non-hydrogen) atoms. The van der Waals surface area contributed by atoms with Gasteiger partial charge in [-0.15, -0.1) is 0 Å². The van der Waals surface area contributed by atoms with Crippen LogP contribution in [0.25, 0.3) is 11.3 Å². The largest absolute Gasteiger partial charge is 0.491 e. The van der Waals surface area contributed by atoms with Gasteiger partial charge in [-0.05, 0) is 57.9 Å². The number of benzene rings is 1. The Balaban J connectivity index is 1.58. The fourth-order valence-corrected chi connectivity index (χ4v) is 4.34. The van der Waals surface area contributed by atoms with Crippen molar-refractivity contribution in [1.29, 1.82) is 0 Å². The van der Waals surface area contributed by atoms with Crippen molar-refractivity contribution >= 4 is 11.5 Å². The van der Waals surface area contributed by atoms with Crippen LogP contribution in [0, 0.1) is 5.92 Å². The fourth-order valence-electron chi connectivity index (χ4n) is 4.34. The molecule has 2 aromatic rings. The van der Waals surface area contributed by atoms with Crippen LogP contribution in [-0.4, -0.2) is 62.2 Å². The lowest BCUT2D eigenvalue weighted by Crippen LogP contribution is -2.38.